The molecule has 0 heterocycles. The van der Waals surface area contributed by atoms with Gasteiger partial charge in [-0.25, -0.2) is 9.69 Å². The summed E-state index contributed by atoms with van der Waals surface area (Å²) in [6.45, 7) is 1.95. The molecule has 1 atom stereocenters. The van der Waals surface area contributed by atoms with Gasteiger partial charge in [-0.05, 0) is 47.9 Å². The predicted molar refractivity (Wildman–Crippen MR) is 123 cm³/mol. The van der Waals surface area contributed by atoms with Crippen LogP contribution in [0, 0.1) is 0 Å². The first-order valence-corrected chi connectivity index (χ1v) is 10.2. The second kappa shape index (κ2) is 10.8. The fourth-order valence-electron chi connectivity index (χ4n) is 3.31. The summed E-state index contributed by atoms with van der Waals surface area (Å²) in [7, 11) is 0. The Hall–Kier alpha value is -3.86. The fourth-order valence-corrected chi connectivity index (χ4v) is 3.31. The third-order valence-electron chi connectivity index (χ3n) is 4.84. The molecule has 3 aromatic rings. The molecule has 0 bridgehead atoms. The molecule has 1 unspecified atom stereocenters. The van der Waals surface area contributed by atoms with Crippen molar-refractivity contribution in [1.29, 1.82) is 0 Å². The normalized spacial score (nSPS) is 11.8. The molecule has 1 amide bonds. The zero-order chi connectivity index (χ0) is 22.1. The number of benzene rings is 3. The summed E-state index contributed by atoms with van der Waals surface area (Å²) in [5.41, 5.74) is 3.05. The molecule has 5 heteroatoms. The average molecular weight is 415 g/mol. The molecule has 3 rings (SSSR count). The molecule has 0 saturated carbocycles. The van der Waals surface area contributed by atoms with Crippen LogP contribution in [0.15, 0.2) is 91.0 Å². The minimum absolute atomic E-state index is 0.0926. The molecule has 5 nitrogen and oxygen atoms in total. The number of aliphatic carboxylic acids is 1. The van der Waals surface area contributed by atoms with Crippen molar-refractivity contribution in [3.63, 3.8) is 0 Å². The van der Waals surface area contributed by atoms with Crippen LogP contribution in [-0.2, 0) is 9.53 Å². The van der Waals surface area contributed by atoms with Crippen LogP contribution in [0.4, 0.5) is 16.2 Å². The molecule has 0 aromatic heterocycles. The number of carbonyl (C=O) groups is 2. The van der Waals surface area contributed by atoms with Crippen molar-refractivity contribution in [2.45, 2.75) is 19.3 Å². The Bertz CT molecular complexity index is 992. The number of carboxylic acid groups (broad SMARTS) is 1. The summed E-state index contributed by atoms with van der Waals surface area (Å²) in [5, 5.41) is 9.35. The molecule has 0 spiro atoms. The molecule has 3 aromatic carbocycles. The van der Waals surface area contributed by atoms with Crippen molar-refractivity contribution in [1.82, 2.24) is 0 Å². The number of hydrogen-bond donors (Lipinski definition) is 1. The van der Waals surface area contributed by atoms with Crippen LogP contribution in [-0.4, -0.2) is 23.8 Å². The van der Waals surface area contributed by atoms with Gasteiger partial charge in [-0.3, -0.25) is 4.79 Å². The lowest BCUT2D eigenvalue weighted by Crippen LogP contribution is -2.26. The van der Waals surface area contributed by atoms with Gasteiger partial charge in [0.1, 0.15) is 6.61 Å². The Morgan fingerprint density at radius 3 is 2.10 bits per heavy atom. The number of amides is 1. The van der Waals surface area contributed by atoms with Gasteiger partial charge in [-0.2, -0.15) is 0 Å². The van der Waals surface area contributed by atoms with Gasteiger partial charge in [-0.1, -0.05) is 73.7 Å². The van der Waals surface area contributed by atoms with Crippen LogP contribution in [0.1, 0.15) is 30.4 Å². The molecular weight excluding hydrogens is 390 g/mol. The van der Waals surface area contributed by atoms with Crippen molar-refractivity contribution in [3.8, 4) is 0 Å². The van der Waals surface area contributed by atoms with Gasteiger partial charge >= 0.3 is 12.1 Å². The number of nitrogens with zero attached hydrogens (tertiary/aromatic N) is 1. The SMILES string of the molecule is CCC(C(=O)O)c1cccc(C=CCOC(=O)N(c2ccccc2)c2ccccc2)c1. The number of carbonyl (C=O) groups excluding carboxylic acids is 1. The Balaban J connectivity index is 1.68. The summed E-state index contributed by atoms with van der Waals surface area (Å²) < 4.78 is 5.48. The maximum atomic E-state index is 12.8. The van der Waals surface area contributed by atoms with Gasteiger partial charge in [0.2, 0.25) is 0 Å². The molecule has 0 aliphatic carbocycles. The first-order valence-electron chi connectivity index (χ1n) is 10.2. The van der Waals surface area contributed by atoms with E-state index in [-0.39, 0.29) is 6.61 Å². The molecule has 31 heavy (non-hydrogen) atoms. The van der Waals surface area contributed by atoms with Gasteiger partial charge in [0.05, 0.1) is 17.3 Å². The van der Waals surface area contributed by atoms with Gasteiger partial charge < -0.3 is 9.84 Å². The lowest BCUT2D eigenvalue weighted by atomic mass is 9.95. The van der Waals surface area contributed by atoms with Gasteiger partial charge in [0.25, 0.3) is 0 Å². The van der Waals surface area contributed by atoms with Crippen LogP contribution in [0.5, 0.6) is 0 Å². The summed E-state index contributed by atoms with van der Waals surface area (Å²) in [4.78, 5) is 25.7. The van der Waals surface area contributed by atoms with E-state index in [0.29, 0.717) is 6.42 Å². The van der Waals surface area contributed by atoms with Crippen LogP contribution >= 0.6 is 0 Å². The third kappa shape index (κ3) is 5.82. The lowest BCUT2D eigenvalue weighted by Gasteiger charge is -2.22. The first kappa shape index (κ1) is 21.8. The molecule has 0 radical (unpaired) electrons. The zero-order valence-electron chi connectivity index (χ0n) is 17.3. The largest absolute Gasteiger partial charge is 0.481 e. The van der Waals surface area contributed by atoms with Crippen molar-refractivity contribution >= 4 is 29.5 Å². The van der Waals surface area contributed by atoms with Crippen LogP contribution in [0.2, 0.25) is 0 Å². The number of anilines is 2. The van der Waals surface area contributed by atoms with E-state index in [1.807, 2.05) is 97.9 Å². The van der Waals surface area contributed by atoms with E-state index < -0.39 is 18.0 Å². The minimum Gasteiger partial charge on any atom is -0.481 e. The number of ether oxygens (including phenoxy) is 1. The van der Waals surface area contributed by atoms with E-state index in [0.717, 1.165) is 22.5 Å². The predicted octanol–water partition coefficient (Wildman–Crippen LogP) is 6.25. The standard InChI is InChI=1S/C26H25NO4/c1-2-24(25(28)29)21-13-9-11-20(19-21)12-10-18-31-26(30)27(22-14-5-3-6-15-22)23-16-7-4-8-17-23/h3-17,19,24H,2,18H2,1H3,(H,28,29). The quantitative estimate of drug-likeness (QED) is 0.472. The fraction of sp³-hybridized carbons (Fsp3) is 0.154. The molecule has 0 aliphatic heterocycles. The van der Waals surface area contributed by atoms with E-state index in [2.05, 4.69) is 0 Å². The molecule has 0 saturated heterocycles. The number of rotatable bonds is 8. The highest BCUT2D eigenvalue weighted by Crippen LogP contribution is 2.26. The summed E-state index contributed by atoms with van der Waals surface area (Å²) in [5.74, 6) is -1.36. The Morgan fingerprint density at radius 2 is 1.55 bits per heavy atom. The second-order valence-electron chi connectivity index (χ2n) is 6.95. The number of hydrogen-bond acceptors (Lipinski definition) is 3. The third-order valence-corrected chi connectivity index (χ3v) is 4.84. The molecule has 158 valence electrons. The molecular formula is C26H25NO4. The number of carboxylic acids is 1. The topological polar surface area (TPSA) is 66.8 Å². The maximum Gasteiger partial charge on any atom is 0.419 e. The van der Waals surface area contributed by atoms with E-state index in [1.54, 1.807) is 6.08 Å². The molecule has 0 fully saturated rings. The lowest BCUT2D eigenvalue weighted by molar-refractivity contribution is -0.138. The smallest absolute Gasteiger partial charge is 0.419 e. The van der Waals surface area contributed by atoms with E-state index in [9.17, 15) is 14.7 Å². The summed E-state index contributed by atoms with van der Waals surface area (Å²) in [6, 6.07) is 26.0. The minimum atomic E-state index is -0.834. The highest BCUT2D eigenvalue weighted by atomic mass is 16.6. The van der Waals surface area contributed by atoms with Crippen molar-refractivity contribution in [3.05, 3.63) is 102 Å². The van der Waals surface area contributed by atoms with Crippen LogP contribution in [0.25, 0.3) is 6.08 Å². The van der Waals surface area contributed by atoms with Gasteiger partial charge in [0.15, 0.2) is 0 Å². The zero-order valence-corrected chi connectivity index (χ0v) is 17.3. The summed E-state index contributed by atoms with van der Waals surface area (Å²) in [6.07, 6.45) is 3.61. The highest BCUT2D eigenvalue weighted by Gasteiger charge is 2.19. The number of para-hydroxylation sites is 2. The summed E-state index contributed by atoms with van der Waals surface area (Å²) >= 11 is 0. The monoisotopic (exact) mass is 415 g/mol. The Morgan fingerprint density at radius 1 is 0.935 bits per heavy atom. The first-order chi connectivity index (χ1) is 15.1. The molecule has 0 aliphatic rings. The van der Waals surface area contributed by atoms with Crippen LogP contribution < -0.4 is 4.90 Å². The van der Waals surface area contributed by atoms with Crippen molar-refractivity contribution in [2.75, 3.05) is 11.5 Å². The van der Waals surface area contributed by atoms with E-state index in [4.69, 9.17) is 4.74 Å². The van der Waals surface area contributed by atoms with E-state index in [1.165, 1.54) is 4.90 Å². The molecule has 1 N–H and O–H groups in total. The van der Waals surface area contributed by atoms with Crippen molar-refractivity contribution in [2.24, 2.45) is 0 Å². The highest BCUT2D eigenvalue weighted by molar-refractivity contribution is 5.96. The maximum absolute atomic E-state index is 12.8. The second-order valence-corrected chi connectivity index (χ2v) is 6.95. The van der Waals surface area contributed by atoms with Gasteiger partial charge in [-0.15, -0.1) is 0 Å². The average Bonchev–Trinajstić information content (AvgIpc) is 2.79. The Labute approximate surface area is 182 Å². The van der Waals surface area contributed by atoms with Crippen molar-refractivity contribution < 1.29 is 19.4 Å². The van der Waals surface area contributed by atoms with Crippen LogP contribution in [0.3, 0.4) is 0 Å². The Kier molecular flexibility index (Phi) is 7.60. The van der Waals surface area contributed by atoms with E-state index >= 15 is 0 Å². The van der Waals surface area contributed by atoms with Gasteiger partial charge in [0, 0.05) is 0 Å².